The van der Waals surface area contributed by atoms with E-state index in [1.54, 1.807) is 0 Å². The smallest absolute Gasteiger partial charge is 0.305 e. The zero-order chi connectivity index (χ0) is 19.3. The molecule has 1 aliphatic heterocycles. The van der Waals surface area contributed by atoms with E-state index in [0.717, 1.165) is 37.2 Å². The summed E-state index contributed by atoms with van der Waals surface area (Å²) in [7, 11) is 0. The molecule has 4 rings (SSSR count). The number of rotatable bonds is 7. The molecule has 2 aromatic carbocycles. The highest BCUT2D eigenvalue weighted by Crippen LogP contribution is 2.34. The first-order valence-corrected chi connectivity index (χ1v) is 10.4. The SMILES string of the molecule is CCOC(=O)CCC1CCc2cc(-c3cccc(OC4CCC4)c3)ccc2O1. The minimum absolute atomic E-state index is 0.0851. The molecule has 1 heterocycles. The van der Waals surface area contributed by atoms with Crippen molar-refractivity contribution in [3.8, 4) is 22.6 Å². The number of benzene rings is 2. The van der Waals surface area contributed by atoms with Crippen molar-refractivity contribution in [1.29, 1.82) is 0 Å². The maximum absolute atomic E-state index is 11.6. The molecule has 1 unspecified atom stereocenters. The summed E-state index contributed by atoms with van der Waals surface area (Å²) >= 11 is 0. The summed E-state index contributed by atoms with van der Waals surface area (Å²) < 4.78 is 17.2. The molecule has 2 aliphatic rings. The summed E-state index contributed by atoms with van der Waals surface area (Å²) in [6.07, 6.45) is 7.10. The van der Waals surface area contributed by atoms with Gasteiger partial charge in [-0.1, -0.05) is 18.2 Å². The maximum atomic E-state index is 11.6. The van der Waals surface area contributed by atoms with Gasteiger partial charge in [0.25, 0.3) is 0 Å². The average Bonchev–Trinajstić information content (AvgIpc) is 2.69. The lowest BCUT2D eigenvalue weighted by Crippen LogP contribution is -2.24. The third-order valence-corrected chi connectivity index (χ3v) is 5.59. The molecule has 0 bridgehead atoms. The molecule has 148 valence electrons. The second-order valence-corrected chi connectivity index (χ2v) is 7.64. The number of hydrogen-bond donors (Lipinski definition) is 0. The van der Waals surface area contributed by atoms with Crippen LogP contribution < -0.4 is 9.47 Å². The van der Waals surface area contributed by atoms with Gasteiger partial charge >= 0.3 is 5.97 Å². The number of carbonyl (C=O) groups excluding carboxylic acids is 1. The van der Waals surface area contributed by atoms with Gasteiger partial charge in [-0.05, 0) is 86.4 Å². The van der Waals surface area contributed by atoms with Crippen LogP contribution in [0.5, 0.6) is 11.5 Å². The first-order chi connectivity index (χ1) is 13.7. The van der Waals surface area contributed by atoms with Gasteiger partial charge in [0.15, 0.2) is 0 Å². The van der Waals surface area contributed by atoms with Crippen LogP contribution in [0.25, 0.3) is 11.1 Å². The average molecular weight is 380 g/mol. The van der Waals surface area contributed by atoms with E-state index >= 15 is 0 Å². The van der Waals surface area contributed by atoms with E-state index in [-0.39, 0.29) is 12.1 Å². The van der Waals surface area contributed by atoms with Gasteiger partial charge in [0, 0.05) is 6.42 Å². The van der Waals surface area contributed by atoms with E-state index in [1.807, 2.05) is 13.0 Å². The van der Waals surface area contributed by atoms with E-state index < -0.39 is 0 Å². The molecule has 2 aromatic rings. The third kappa shape index (κ3) is 4.49. The summed E-state index contributed by atoms with van der Waals surface area (Å²) in [5.41, 5.74) is 3.59. The predicted octanol–water partition coefficient (Wildman–Crippen LogP) is 5.32. The fourth-order valence-corrected chi connectivity index (χ4v) is 3.77. The van der Waals surface area contributed by atoms with Crippen molar-refractivity contribution in [3.63, 3.8) is 0 Å². The van der Waals surface area contributed by atoms with Crippen LogP contribution >= 0.6 is 0 Å². The van der Waals surface area contributed by atoms with Crippen molar-refractivity contribution in [1.82, 2.24) is 0 Å². The highest BCUT2D eigenvalue weighted by molar-refractivity contribution is 5.69. The van der Waals surface area contributed by atoms with Crippen LogP contribution in [0.3, 0.4) is 0 Å². The Morgan fingerprint density at radius 2 is 1.96 bits per heavy atom. The number of ether oxygens (including phenoxy) is 3. The Balaban J connectivity index is 1.41. The van der Waals surface area contributed by atoms with Gasteiger partial charge in [-0.25, -0.2) is 0 Å². The molecular formula is C24H28O4. The first kappa shape index (κ1) is 18.9. The zero-order valence-electron chi connectivity index (χ0n) is 16.5. The molecule has 0 saturated heterocycles. The van der Waals surface area contributed by atoms with Crippen molar-refractivity contribution in [2.45, 2.75) is 64.1 Å². The Bertz CT molecular complexity index is 825. The van der Waals surface area contributed by atoms with Crippen molar-refractivity contribution >= 4 is 5.97 Å². The minimum Gasteiger partial charge on any atom is -0.490 e. The Labute approximate surface area is 166 Å². The molecule has 1 saturated carbocycles. The fourth-order valence-electron chi connectivity index (χ4n) is 3.77. The normalized spacial score (nSPS) is 18.5. The molecule has 1 aliphatic carbocycles. The van der Waals surface area contributed by atoms with Gasteiger partial charge in [-0.3, -0.25) is 4.79 Å². The monoisotopic (exact) mass is 380 g/mol. The van der Waals surface area contributed by atoms with Crippen molar-refractivity contribution in [3.05, 3.63) is 48.0 Å². The topological polar surface area (TPSA) is 44.8 Å². The molecule has 28 heavy (non-hydrogen) atoms. The summed E-state index contributed by atoms with van der Waals surface area (Å²) in [5.74, 6) is 1.75. The lowest BCUT2D eigenvalue weighted by atomic mass is 9.95. The van der Waals surface area contributed by atoms with Gasteiger partial charge < -0.3 is 14.2 Å². The fraction of sp³-hybridized carbons (Fsp3) is 0.458. The summed E-state index contributed by atoms with van der Waals surface area (Å²) in [5, 5.41) is 0. The number of fused-ring (bicyclic) bond motifs is 1. The third-order valence-electron chi connectivity index (χ3n) is 5.59. The molecule has 4 nitrogen and oxygen atoms in total. The molecule has 4 heteroatoms. The highest BCUT2D eigenvalue weighted by Gasteiger charge is 2.22. The molecule has 0 N–H and O–H groups in total. The van der Waals surface area contributed by atoms with E-state index in [1.165, 1.54) is 23.1 Å². The maximum Gasteiger partial charge on any atom is 0.305 e. The van der Waals surface area contributed by atoms with Crippen LogP contribution in [-0.4, -0.2) is 24.8 Å². The lowest BCUT2D eigenvalue weighted by Gasteiger charge is -2.27. The predicted molar refractivity (Wildman–Crippen MR) is 109 cm³/mol. The van der Waals surface area contributed by atoms with Gasteiger partial charge in [0.2, 0.25) is 0 Å². The van der Waals surface area contributed by atoms with Crippen LogP contribution in [0, 0.1) is 0 Å². The number of hydrogen-bond acceptors (Lipinski definition) is 4. The van der Waals surface area contributed by atoms with Crippen molar-refractivity contribution in [2.24, 2.45) is 0 Å². The largest absolute Gasteiger partial charge is 0.490 e. The van der Waals surface area contributed by atoms with Crippen molar-refractivity contribution < 1.29 is 19.0 Å². The minimum atomic E-state index is -0.142. The van der Waals surface area contributed by atoms with Crippen LogP contribution in [0.2, 0.25) is 0 Å². The van der Waals surface area contributed by atoms with Crippen molar-refractivity contribution in [2.75, 3.05) is 6.61 Å². The van der Waals surface area contributed by atoms with E-state index in [9.17, 15) is 4.79 Å². The highest BCUT2D eigenvalue weighted by atomic mass is 16.5. The Morgan fingerprint density at radius 3 is 2.75 bits per heavy atom. The van der Waals surface area contributed by atoms with Crippen LogP contribution in [0.1, 0.15) is 51.0 Å². The van der Waals surface area contributed by atoms with E-state index in [4.69, 9.17) is 14.2 Å². The first-order valence-electron chi connectivity index (χ1n) is 10.4. The Hall–Kier alpha value is -2.49. The molecule has 1 atom stereocenters. The molecule has 0 radical (unpaired) electrons. The summed E-state index contributed by atoms with van der Waals surface area (Å²) in [6, 6.07) is 14.7. The quantitative estimate of drug-likeness (QED) is 0.610. The Kier molecular flexibility index (Phi) is 5.84. The van der Waals surface area contributed by atoms with Gasteiger partial charge in [-0.2, -0.15) is 0 Å². The summed E-state index contributed by atoms with van der Waals surface area (Å²) in [4.78, 5) is 11.6. The van der Waals surface area contributed by atoms with Gasteiger partial charge in [0.1, 0.15) is 11.5 Å². The second-order valence-electron chi connectivity index (χ2n) is 7.64. The molecule has 0 spiro atoms. The van der Waals surface area contributed by atoms with E-state index in [0.29, 0.717) is 25.6 Å². The van der Waals surface area contributed by atoms with Crippen LogP contribution in [0.15, 0.2) is 42.5 Å². The summed E-state index contributed by atoms with van der Waals surface area (Å²) in [6.45, 7) is 2.26. The molecule has 1 fully saturated rings. The molecular weight excluding hydrogens is 352 g/mol. The van der Waals surface area contributed by atoms with Gasteiger partial charge in [-0.15, -0.1) is 0 Å². The standard InChI is InChI=1S/C24H28O4/c1-2-26-24(25)14-12-21-11-9-19-15-18(10-13-23(19)28-21)17-5-3-8-22(16-17)27-20-6-4-7-20/h3,5,8,10,13,15-16,20-21H,2,4,6-7,9,11-12,14H2,1H3. The van der Waals surface area contributed by atoms with Gasteiger partial charge in [0.05, 0.1) is 18.8 Å². The molecule has 0 aromatic heterocycles. The lowest BCUT2D eigenvalue weighted by molar-refractivity contribution is -0.143. The molecule has 0 amide bonds. The Morgan fingerprint density at radius 1 is 1.11 bits per heavy atom. The number of carbonyl (C=O) groups is 1. The van der Waals surface area contributed by atoms with Crippen LogP contribution in [0.4, 0.5) is 0 Å². The number of esters is 1. The number of aryl methyl sites for hydroxylation is 1. The zero-order valence-corrected chi connectivity index (χ0v) is 16.5. The second kappa shape index (κ2) is 8.68. The van der Waals surface area contributed by atoms with Crippen LogP contribution in [-0.2, 0) is 16.0 Å². The van der Waals surface area contributed by atoms with E-state index in [2.05, 4.69) is 36.4 Å².